The summed E-state index contributed by atoms with van der Waals surface area (Å²) in [5.74, 6) is 0.885. The molecule has 1 aliphatic heterocycles. The smallest absolute Gasteiger partial charge is 0.258 e. The Bertz CT molecular complexity index is 669. The van der Waals surface area contributed by atoms with E-state index in [0.29, 0.717) is 30.2 Å². The summed E-state index contributed by atoms with van der Waals surface area (Å²) in [4.78, 5) is 22.8. The molecule has 120 valence electrons. The van der Waals surface area contributed by atoms with Gasteiger partial charge in [0.2, 0.25) is 0 Å². The molecule has 1 saturated heterocycles. The van der Waals surface area contributed by atoms with Crippen LogP contribution in [0.15, 0.2) is 36.7 Å². The number of nitrogens with one attached hydrogen (secondary N) is 1. The van der Waals surface area contributed by atoms with Crippen molar-refractivity contribution in [2.45, 2.75) is 6.61 Å². The molecule has 2 aromatic rings. The monoisotopic (exact) mass is 314 g/mol. The van der Waals surface area contributed by atoms with E-state index in [4.69, 9.17) is 4.74 Å². The van der Waals surface area contributed by atoms with E-state index in [-0.39, 0.29) is 12.5 Å². The maximum absolute atomic E-state index is 12.3. The van der Waals surface area contributed by atoms with Gasteiger partial charge in [-0.3, -0.25) is 4.79 Å². The lowest BCUT2D eigenvalue weighted by molar-refractivity contribution is 0.102. The molecule has 0 radical (unpaired) electrons. The number of aliphatic hydroxyl groups excluding tert-OH is 1. The first kappa shape index (κ1) is 15.4. The van der Waals surface area contributed by atoms with Crippen LogP contribution in [0.5, 0.6) is 0 Å². The van der Waals surface area contributed by atoms with Crippen molar-refractivity contribution in [2.75, 3.05) is 36.5 Å². The second-order valence-electron chi connectivity index (χ2n) is 5.13. The number of aliphatic hydroxyl groups is 1. The normalized spacial score (nSPS) is 14.6. The number of pyridine rings is 2. The molecule has 3 heterocycles. The second kappa shape index (κ2) is 7.17. The summed E-state index contributed by atoms with van der Waals surface area (Å²) in [7, 11) is 0. The number of hydrogen-bond donors (Lipinski definition) is 2. The van der Waals surface area contributed by atoms with E-state index in [1.165, 1.54) is 0 Å². The molecule has 0 aliphatic carbocycles. The van der Waals surface area contributed by atoms with Crippen LogP contribution in [0.4, 0.5) is 11.6 Å². The van der Waals surface area contributed by atoms with Crippen molar-refractivity contribution in [2.24, 2.45) is 0 Å². The van der Waals surface area contributed by atoms with Gasteiger partial charge in [-0.05, 0) is 18.2 Å². The average molecular weight is 314 g/mol. The maximum Gasteiger partial charge on any atom is 0.258 e. The van der Waals surface area contributed by atoms with Crippen molar-refractivity contribution >= 4 is 17.5 Å². The highest BCUT2D eigenvalue weighted by molar-refractivity contribution is 6.03. The van der Waals surface area contributed by atoms with Gasteiger partial charge in [0.15, 0.2) is 0 Å². The molecule has 0 bridgehead atoms. The minimum Gasteiger partial charge on any atom is -0.392 e. The Kier molecular flexibility index (Phi) is 4.80. The van der Waals surface area contributed by atoms with Gasteiger partial charge in [0.25, 0.3) is 5.91 Å². The number of ether oxygens (including phenoxy) is 1. The van der Waals surface area contributed by atoms with Gasteiger partial charge in [0, 0.05) is 31.0 Å². The predicted octanol–water partition coefficient (Wildman–Crippen LogP) is 1.06. The minimum absolute atomic E-state index is 0.183. The lowest BCUT2D eigenvalue weighted by Gasteiger charge is -2.27. The van der Waals surface area contributed by atoms with E-state index in [2.05, 4.69) is 20.2 Å². The highest BCUT2D eigenvalue weighted by Crippen LogP contribution is 2.15. The van der Waals surface area contributed by atoms with E-state index in [1.807, 2.05) is 6.07 Å². The fourth-order valence-electron chi connectivity index (χ4n) is 2.36. The van der Waals surface area contributed by atoms with Crippen molar-refractivity contribution in [3.05, 3.63) is 47.8 Å². The third-order valence-corrected chi connectivity index (χ3v) is 3.64. The summed E-state index contributed by atoms with van der Waals surface area (Å²) >= 11 is 0. The molecule has 7 heteroatoms. The van der Waals surface area contributed by atoms with Gasteiger partial charge in [-0.25, -0.2) is 9.97 Å². The third kappa shape index (κ3) is 3.64. The molecule has 1 amide bonds. The fourth-order valence-corrected chi connectivity index (χ4v) is 2.36. The van der Waals surface area contributed by atoms with E-state index < -0.39 is 0 Å². The van der Waals surface area contributed by atoms with Crippen LogP contribution < -0.4 is 10.2 Å². The largest absolute Gasteiger partial charge is 0.392 e. The first-order valence-electron chi connectivity index (χ1n) is 7.43. The van der Waals surface area contributed by atoms with Gasteiger partial charge >= 0.3 is 0 Å². The van der Waals surface area contributed by atoms with Gasteiger partial charge in [0.05, 0.1) is 25.4 Å². The molecule has 0 atom stereocenters. The van der Waals surface area contributed by atoms with Gasteiger partial charge < -0.3 is 20.1 Å². The quantitative estimate of drug-likeness (QED) is 0.877. The molecule has 0 aromatic carbocycles. The van der Waals surface area contributed by atoms with Gasteiger partial charge in [-0.15, -0.1) is 0 Å². The zero-order chi connectivity index (χ0) is 16.1. The van der Waals surface area contributed by atoms with Gasteiger partial charge in [-0.1, -0.05) is 6.07 Å². The lowest BCUT2D eigenvalue weighted by atomic mass is 10.2. The molecule has 0 saturated carbocycles. The highest BCUT2D eigenvalue weighted by atomic mass is 16.5. The number of nitrogens with zero attached hydrogens (tertiary/aromatic N) is 3. The number of rotatable bonds is 4. The Morgan fingerprint density at radius 2 is 2.09 bits per heavy atom. The van der Waals surface area contributed by atoms with E-state index in [1.54, 1.807) is 30.6 Å². The molecule has 1 fully saturated rings. The van der Waals surface area contributed by atoms with Crippen LogP contribution in [0.25, 0.3) is 0 Å². The molecule has 3 rings (SSSR count). The first-order valence-corrected chi connectivity index (χ1v) is 7.43. The minimum atomic E-state index is -0.306. The first-order chi connectivity index (χ1) is 11.3. The fraction of sp³-hybridized carbons (Fsp3) is 0.312. The molecule has 0 spiro atoms. The number of carbonyl (C=O) groups is 1. The number of hydrogen-bond acceptors (Lipinski definition) is 6. The van der Waals surface area contributed by atoms with Crippen LogP contribution >= 0.6 is 0 Å². The van der Waals surface area contributed by atoms with E-state index >= 15 is 0 Å². The Morgan fingerprint density at radius 1 is 1.26 bits per heavy atom. The van der Waals surface area contributed by atoms with Crippen LogP contribution in [-0.4, -0.2) is 47.3 Å². The van der Waals surface area contributed by atoms with Gasteiger partial charge in [-0.2, -0.15) is 0 Å². The van der Waals surface area contributed by atoms with Crippen LogP contribution in [-0.2, 0) is 11.3 Å². The van der Waals surface area contributed by atoms with Crippen LogP contribution in [0.2, 0.25) is 0 Å². The van der Waals surface area contributed by atoms with Crippen LogP contribution in [0, 0.1) is 0 Å². The van der Waals surface area contributed by atoms with Crippen LogP contribution in [0.1, 0.15) is 15.9 Å². The molecular formula is C16H18N4O3. The van der Waals surface area contributed by atoms with Crippen molar-refractivity contribution in [3.63, 3.8) is 0 Å². The predicted molar refractivity (Wildman–Crippen MR) is 85.4 cm³/mol. The summed E-state index contributed by atoms with van der Waals surface area (Å²) in [6.45, 7) is 2.79. The van der Waals surface area contributed by atoms with Crippen LogP contribution in [0.3, 0.4) is 0 Å². The Morgan fingerprint density at radius 3 is 2.78 bits per heavy atom. The lowest BCUT2D eigenvalue weighted by Crippen LogP contribution is -2.36. The molecule has 2 aromatic heterocycles. The zero-order valence-electron chi connectivity index (χ0n) is 12.6. The number of anilines is 2. The van der Waals surface area contributed by atoms with Crippen molar-refractivity contribution in [3.8, 4) is 0 Å². The Balaban J connectivity index is 1.70. The second-order valence-corrected chi connectivity index (χ2v) is 5.13. The summed E-state index contributed by atoms with van der Waals surface area (Å²) in [5, 5.41) is 12.0. The standard InChI is InChI=1S/C16H18N4O3/c21-11-13-2-1-5-17-15(13)19-16(22)12-3-4-14(18-10-12)20-6-8-23-9-7-20/h1-5,10,21H,6-9,11H2,(H,17,19,22). The average Bonchev–Trinajstić information content (AvgIpc) is 2.63. The van der Waals surface area contributed by atoms with E-state index in [0.717, 1.165) is 18.9 Å². The molecule has 23 heavy (non-hydrogen) atoms. The Hall–Kier alpha value is -2.51. The third-order valence-electron chi connectivity index (χ3n) is 3.64. The number of amides is 1. The summed E-state index contributed by atoms with van der Waals surface area (Å²) < 4.78 is 5.31. The SMILES string of the molecule is O=C(Nc1ncccc1CO)c1ccc(N2CCOCC2)nc1. The topological polar surface area (TPSA) is 87.6 Å². The van der Waals surface area contributed by atoms with Gasteiger partial charge in [0.1, 0.15) is 11.6 Å². The number of aromatic nitrogens is 2. The van der Waals surface area contributed by atoms with E-state index in [9.17, 15) is 9.90 Å². The molecule has 7 nitrogen and oxygen atoms in total. The summed E-state index contributed by atoms with van der Waals surface area (Å²) in [6, 6.07) is 6.97. The zero-order valence-corrected chi connectivity index (χ0v) is 12.6. The summed E-state index contributed by atoms with van der Waals surface area (Å²) in [6.07, 6.45) is 3.11. The highest BCUT2D eigenvalue weighted by Gasteiger charge is 2.14. The Labute approximate surface area is 133 Å². The maximum atomic E-state index is 12.3. The van der Waals surface area contributed by atoms with Crippen molar-refractivity contribution in [1.29, 1.82) is 0 Å². The molecular weight excluding hydrogens is 296 g/mol. The summed E-state index contributed by atoms with van der Waals surface area (Å²) in [5.41, 5.74) is 1.01. The van der Waals surface area contributed by atoms with Crippen molar-refractivity contribution < 1.29 is 14.6 Å². The molecule has 2 N–H and O–H groups in total. The number of carbonyl (C=O) groups excluding carboxylic acids is 1. The molecule has 0 unspecified atom stereocenters. The van der Waals surface area contributed by atoms with Crippen molar-refractivity contribution in [1.82, 2.24) is 9.97 Å². The molecule has 1 aliphatic rings. The number of morpholine rings is 1.